The Labute approximate surface area is 200 Å². The van der Waals surface area contributed by atoms with Gasteiger partial charge in [0.05, 0.1) is 17.9 Å². The van der Waals surface area contributed by atoms with E-state index in [4.69, 9.17) is 4.74 Å². The third-order valence-corrected chi connectivity index (χ3v) is 6.17. The summed E-state index contributed by atoms with van der Waals surface area (Å²) in [6, 6.07) is 7.94. The second kappa shape index (κ2) is 10.0. The Balaban J connectivity index is 0.00000272. The van der Waals surface area contributed by atoms with E-state index in [1.807, 2.05) is 38.1 Å². The van der Waals surface area contributed by atoms with Gasteiger partial charge in [0.25, 0.3) is 0 Å². The first-order valence-electron chi connectivity index (χ1n) is 10.7. The van der Waals surface area contributed by atoms with E-state index in [0.29, 0.717) is 25.6 Å². The van der Waals surface area contributed by atoms with Crippen molar-refractivity contribution in [2.45, 2.75) is 32.9 Å². The Bertz CT molecular complexity index is 838. The Morgan fingerprint density at radius 1 is 1.10 bits per heavy atom. The maximum Gasteiger partial charge on any atom is 0.233 e. The van der Waals surface area contributed by atoms with Crippen molar-refractivity contribution in [2.75, 3.05) is 20.1 Å². The van der Waals surface area contributed by atoms with Gasteiger partial charge in [-0.25, -0.2) is 0 Å². The molecular formula is C23H31IN4O3. The molecule has 1 saturated heterocycles. The molecule has 8 heteroatoms. The molecule has 2 amide bonds. The third-order valence-electron chi connectivity index (χ3n) is 6.17. The molecule has 0 aromatic heterocycles. The number of amides is 2. The number of aliphatic imine (C=N–C) groups is 1. The first kappa shape index (κ1) is 23.6. The van der Waals surface area contributed by atoms with Crippen LogP contribution < -0.4 is 15.4 Å². The van der Waals surface area contributed by atoms with Crippen LogP contribution in [0.15, 0.2) is 41.4 Å². The van der Waals surface area contributed by atoms with Gasteiger partial charge in [-0.05, 0) is 49.8 Å². The fraction of sp³-hybridized carbons (Fsp3) is 0.522. The fourth-order valence-electron chi connectivity index (χ4n) is 4.84. The molecule has 4 atom stereocenters. The van der Waals surface area contributed by atoms with Crippen LogP contribution in [0.3, 0.4) is 0 Å². The summed E-state index contributed by atoms with van der Waals surface area (Å²) in [5.74, 6) is 1.72. The standard InChI is InChI=1S/C23H30N4O3.HI/c1-14(2)30-18-8-4-15(5-9-18)13-26-23(24-3)25-10-11-27-21(28)19-16-6-7-17(12-16)20(19)22(27)29;/h4-9,14,16-17,19-20H,10-13H2,1-3H3,(H2,24,25,26);1H. The monoisotopic (exact) mass is 538 g/mol. The summed E-state index contributed by atoms with van der Waals surface area (Å²) in [6.45, 7) is 5.46. The quantitative estimate of drug-likeness (QED) is 0.183. The van der Waals surface area contributed by atoms with Crippen molar-refractivity contribution in [1.29, 1.82) is 0 Å². The average Bonchev–Trinajstić information content (AvgIpc) is 3.40. The number of nitrogens with zero attached hydrogens (tertiary/aromatic N) is 2. The minimum atomic E-state index is -0.132. The summed E-state index contributed by atoms with van der Waals surface area (Å²) in [4.78, 5) is 31.1. The van der Waals surface area contributed by atoms with Gasteiger partial charge in [-0.1, -0.05) is 24.3 Å². The van der Waals surface area contributed by atoms with E-state index in [2.05, 4.69) is 27.8 Å². The lowest BCUT2D eigenvalue weighted by Crippen LogP contribution is -2.43. The Hall–Kier alpha value is -2.10. The molecule has 1 aromatic carbocycles. The number of carbonyl (C=O) groups is 2. The van der Waals surface area contributed by atoms with E-state index >= 15 is 0 Å². The fourth-order valence-corrected chi connectivity index (χ4v) is 4.84. The number of benzene rings is 1. The molecule has 4 unspecified atom stereocenters. The molecule has 2 fully saturated rings. The summed E-state index contributed by atoms with van der Waals surface area (Å²) >= 11 is 0. The van der Waals surface area contributed by atoms with E-state index in [-0.39, 0.29) is 65.6 Å². The summed E-state index contributed by atoms with van der Waals surface area (Å²) in [7, 11) is 1.70. The molecule has 168 valence electrons. The van der Waals surface area contributed by atoms with Crippen LogP contribution in [-0.4, -0.2) is 48.9 Å². The molecule has 3 aliphatic rings. The van der Waals surface area contributed by atoms with Crippen molar-refractivity contribution >= 4 is 41.8 Å². The number of halogens is 1. The molecule has 2 N–H and O–H groups in total. The summed E-state index contributed by atoms with van der Waals surface area (Å²) in [5, 5.41) is 6.46. The highest BCUT2D eigenvalue weighted by Crippen LogP contribution is 2.52. The lowest BCUT2D eigenvalue weighted by molar-refractivity contribution is -0.140. The van der Waals surface area contributed by atoms with Gasteiger partial charge in [-0.2, -0.15) is 0 Å². The predicted molar refractivity (Wildman–Crippen MR) is 130 cm³/mol. The van der Waals surface area contributed by atoms with Gasteiger partial charge in [0.2, 0.25) is 11.8 Å². The Morgan fingerprint density at radius 3 is 2.26 bits per heavy atom. The lowest BCUT2D eigenvalue weighted by Gasteiger charge is -2.18. The number of nitrogens with one attached hydrogen (secondary N) is 2. The highest BCUT2D eigenvalue weighted by atomic mass is 127. The molecule has 7 nitrogen and oxygen atoms in total. The van der Waals surface area contributed by atoms with E-state index in [9.17, 15) is 9.59 Å². The molecule has 0 spiro atoms. The average molecular weight is 538 g/mol. The Kier molecular flexibility index (Phi) is 7.61. The normalized spacial score (nSPS) is 26.3. The maximum atomic E-state index is 12.7. The van der Waals surface area contributed by atoms with Crippen LogP contribution in [0.1, 0.15) is 25.8 Å². The van der Waals surface area contributed by atoms with Crippen molar-refractivity contribution in [2.24, 2.45) is 28.7 Å². The minimum absolute atomic E-state index is 0. The van der Waals surface area contributed by atoms with Gasteiger partial charge in [-0.15, -0.1) is 24.0 Å². The van der Waals surface area contributed by atoms with Crippen LogP contribution in [-0.2, 0) is 16.1 Å². The molecule has 0 radical (unpaired) electrons. The predicted octanol–water partition coefficient (Wildman–Crippen LogP) is 2.56. The van der Waals surface area contributed by atoms with E-state index in [1.54, 1.807) is 7.05 Å². The second-order valence-electron chi connectivity index (χ2n) is 8.49. The van der Waals surface area contributed by atoms with Crippen LogP contribution in [0.2, 0.25) is 0 Å². The number of guanidine groups is 1. The van der Waals surface area contributed by atoms with E-state index < -0.39 is 0 Å². The summed E-state index contributed by atoms with van der Waals surface area (Å²) < 4.78 is 5.66. The summed E-state index contributed by atoms with van der Waals surface area (Å²) in [6.07, 6.45) is 5.34. The Morgan fingerprint density at radius 2 is 1.71 bits per heavy atom. The van der Waals surface area contributed by atoms with Crippen LogP contribution in [0.5, 0.6) is 5.75 Å². The number of likely N-dealkylation sites (tertiary alicyclic amines) is 1. The first-order chi connectivity index (χ1) is 14.5. The van der Waals surface area contributed by atoms with Gasteiger partial charge >= 0.3 is 0 Å². The van der Waals surface area contributed by atoms with Crippen molar-refractivity contribution in [1.82, 2.24) is 15.5 Å². The van der Waals surface area contributed by atoms with Gasteiger partial charge in [0.15, 0.2) is 5.96 Å². The topological polar surface area (TPSA) is 83.0 Å². The number of rotatable bonds is 7. The third kappa shape index (κ3) is 4.88. The van der Waals surface area contributed by atoms with Crippen LogP contribution >= 0.6 is 24.0 Å². The molecule has 2 bridgehead atoms. The SMILES string of the molecule is CN=C(NCCN1C(=O)C2C3C=CC(C3)C2C1=O)NCc1ccc(OC(C)C)cc1.I. The van der Waals surface area contributed by atoms with Crippen LogP contribution in [0.25, 0.3) is 0 Å². The second-order valence-corrected chi connectivity index (χ2v) is 8.49. The number of allylic oxidation sites excluding steroid dienone is 2. The van der Waals surface area contributed by atoms with Gasteiger partial charge < -0.3 is 15.4 Å². The molecule has 1 aliphatic heterocycles. The molecule has 4 rings (SSSR count). The van der Waals surface area contributed by atoms with Gasteiger partial charge in [0, 0.05) is 26.7 Å². The van der Waals surface area contributed by atoms with Crippen molar-refractivity contribution in [3.05, 3.63) is 42.0 Å². The van der Waals surface area contributed by atoms with Gasteiger partial charge in [-0.3, -0.25) is 19.5 Å². The zero-order valence-corrected chi connectivity index (χ0v) is 20.5. The van der Waals surface area contributed by atoms with Gasteiger partial charge in [0.1, 0.15) is 5.75 Å². The maximum absolute atomic E-state index is 12.7. The highest BCUT2D eigenvalue weighted by Gasteiger charge is 2.58. The zero-order valence-electron chi connectivity index (χ0n) is 18.2. The number of carbonyl (C=O) groups excluding carboxylic acids is 2. The molecule has 1 saturated carbocycles. The number of ether oxygens (including phenoxy) is 1. The smallest absolute Gasteiger partial charge is 0.233 e. The number of hydrogen-bond donors (Lipinski definition) is 2. The molecule has 1 aromatic rings. The number of hydrogen-bond acceptors (Lipinski definition) is 4. The zero-order chi connectivity index (χ0) is 21.3. The minimum Gasteiger partial charge on any atom is -0.491 e. The first-order valence-corrected chi connectivity index (χ1v) is 10.7. The van der Waals surface area contributed by atoms with Crippen LogP contribution in [0, 0.1) is 23.7 Å². The van der Waals surface area contributed by atoms with E-state index in [1.165, 1.54) is 4.90 Å². The lowest BCUT2D eigenvalue weighted by atomic mass is 9.85. The highest BCUT2D eigenvalue weighted by molar-refractivity contribution is 14.0. The van der Waals surface area contributed by atoms with Crippen molar-refractivity contribution in [3.63, 3.8) is 0 Å². The number of imide groups is 1. The number of fused-ring (bicyclic) bond motifs is 5. The van der Waals surface area contributed by atoms with E-state index in [0.717, 1.165) is 17.7 Å². The molecule has 1 heterocycles. The molecule has 31 heavy (non-hydrogen) atoms. The van der Waals surface area contributed by atoms with Crippen molar-refractivity contribution < 1.29 is 14.3 Å². The van der Waals surface area contributed by atoms with Crippen molar-refractivity contribution in [3.8, 4) is 5.75 Å². The largest absolute Gasteiger partial charge is 0.491 e. The van der Waals surface area contributed by atoms with Crippen LogP contribution in [0.4, 0.5) is 0 Å². The molecule has 2 aliphatic carbocycles. The summed E-state index contributed by atoms with van der Waals surface area (Å²) in [5.41, 5.74) is 1.11. The molecular weight excluding hydrogens is 507 g/mol.